The monoisotopic (exact) mass is 319 g/mol. The van der Waals surface area contributed by atoms with Crippen molar-refractivity contribution in [2.45, 2.75) is 6.92 Å². The summed E-state index contributed by atoms with van der Waals surface area (Å²) in [6.45, 7) is 1.62. The number of amides is 1. The maximum absolute atomic E-state index is 13.6. The third kappa shape index (κ3) is 2.64. The first-order chi connectivity index (χ1) is 10.1. The van der Waals surface area contributed by atoms with Gasteiger partial charge in [-0.15, -0.1) is 11.3 Å². The lowest BCUT2D eigenvalue weighted by Gasteiger charge is -2.08. The number of nitrogens with one attached hydrogen (secondary N) is 1. The minimum atomic E-state index is -0.398. The van der Waals surface area contributed by atoms with Gasteiger partial charge in [-0.25, -0.2) is 4.39 Å². The second-order valence-corrected chi connectivity index (χ2v) is 6.00. The second kappa shape index (κ2) is 5.47. The van der Waals surface area contributed by atoms with Crippen LogP contribution in [0.25, 0.3) is 10.1 Å². The number of hydrogen-bond donors (Lipinski definition) is 1. The molecule has 2 aromatic carbocycles. The molecule has 0 fully saturated rings. The van der Waals surface area contributed by atoms with Gasteiger partial charge in [0.05, 0.1) is 16.3 Å². The molecule has 5 heteroatoms. The van der Waals surface area contributed by atoms with Crippen LogP contribution in [0, 0.1) is 12.7 Å². The minimum absolute atomic E-state index is 0.278. The minimum Gasteiger partial charge on any atom is -0.320 e. The van der Waals surface area contributed by atoms with E-state index in [4.69, 9.17) is 11.6 Å². The molecule has 0 radical (unpaired) electrons. The summed E-state index contributed by atoms with van der Waals surface area (Å²) < 4.78 is 14.6. The average molecular weight is 320 g/mol. The summed E-state index contributed by atoms with van der Waals surface area (Å²) in [5, 5.41) is 5.66. The molecule has 0 saturated carbocycles. The molecule has 0 unspecified atom stereocenters. The number of benzene rings is 2. The summed E-state index contributed by atoms with van der Waals surface area (Å²) >= 11 is 7.54. The van der Waals surface area contributed by atoms with Gasteiger partial charge in [-0.1, -0.05) is 29.8 Å². The maximum Gasteiger partial charge on any atom is 0.257 e. The van der Waals surface area contributed by atoms with Crippen molar-refractivity contribution in [1.29, 1.82) is 0 Å². The molecule has 106 valence electrons. The molecule has 3 aromatic rings. The van der Waals surface area contributed by atoms with E-state index in [-0.39, 0.29) is 11.6 Å². The van der Waals surface area contributed by atoms with E-state index in [2.05, 4.69) is 5.32 Å². The molecule has 0 aliphatic carbocycles. The Kier molecular flexibility index (Phi) is 3.66. The number of anilines is 1. The molecule has 1 heterocycles. The third-order valence-electron chi connectivity index (χ3n) is 3.22. The molecular weight excluding hydrogens is 309 g/mol. The highest BCUT2D eigenvalue weighted by atomic mass is 35.5. The standard InChI is InChI=1S/C16H11ClFNOS/c1-9-6-12(17)14(7-13(9)18)19-16(20)11-8-21-15-5-3-2-4-10(11)15/h2-8H,1H3,(H,19,20). The number of carbonyl (C=O) groups excluding carboxylic acids is 1. The van der Waals surface area contributed by atoms with Crippen LogP contribution in [0.5, 0.6) is 0 Å². The first kappa shape index (κ1) is 14.0. The van der Waals surface area contributed by atoms with Crippen LogP contribution in [-0.2, 0) is 0 Å². The van der Waals surface area contributed by atoms with E-state index in [9.17, 15) is 9.18 Å². The van der Waals surface area contributed by atoms with Crippen LogP contribution in [0.4, 0.5) is 10.1 Å². The Balaban J connectivity index is 1.95. The van der Waals surface area contributed by atoms with Gasteiger partial charge < -0.3 is 5.32 Å². The summed E-state index contributed by atoms with van der Waals surface area (Å²) in [4.78, 5) is 12.4. The molecule has 0 spiro atoms. The molecule has 2 nitrogen and oxygen atoms in total. The molecule has 0 aliphatic heterocycles. The van der Waals surface area contributed by atoms with Gasteiger partial charge >= 0.3 is 0 Å². The van der Waals surface area contributed by atoms with Crippen molar-refractivity contribution < 1.29 is 9.18 Å². The highest BCUT2D eigenvalue weighted by Gasteiger charge is 2.14. The Bertz CT molecular complexity index is 843. The van der Waals surface area contributed by atoms with Crippen LogP contribution in [0.15, 0.2) is 41.8 Å². The van der Waals surface area contributed by atoms with Crippen LogP contribution >= 0.6 is 22.9 Å². The number of aryl methyl sites for hydroxylation is 1. The first-order valence-corrected chi connectivity index (χ1v) is 7.55. The summed E-state index contributed by atoms with van der Waals surface area (Å²) in [6, 6.07) is 10.4. The van der Waals surface area contributed by atoms with Crippen molar-refractivity contribution in [3.05, 3.63) is 63.7 Å². The zero-order valence-electron chi connectivity index (χ0n) is 11.1. The van der Waals surface area contributed by atoms with Gasteiger partial charge in [0.1, 0.15) is 5.82 Å². The predicted octanol–water partition coefficient (Wildman–Crippen LogP) is 5.25. The van der Waals surface area contributed by atoms with Crippen molar-refractivity contribution in [3.63, 3.8) is 0 Å². The fourth-order valence-electron chi connectivity index (χ4n) is 2.09. The molecular formula is C16H11ClFNOS. The molecule has 1 amide bonds. The Morgan fingerprint density at radius 2 is 2.05 bits per heavy atom. The van der Waals surface area contributed by atoms with E-state index < -0.39 is 5.82 Å². The number of rotatable bonds is 2. The van der Waals surface area contributed by atoms with Gasteiger partial charge in [0, 0.05) is 15.5 Å². The summed E-state index contributed by atoms with van der Waals surface area (Å²) in [7, 11) is 0. The predicted molar refractivity (Wildman–Crippen MR) is 85.9 cm³/mol. The lowest BCUT2D eigenvalue weighted by Crippen LogP contribution is -2.12. The first-order valence-electron chi connectivity index (χ1n) is 6.29. The molecule has 1 aromatic heterocycles. The zero-order chi connectivity index (χ0) is 15.0. The Morgan fingerprint density at radius 3 is 2.86 bits per heavy atom. The van der Waals surface area contributed by atoms with Crippen molar-refractivity contribution in [2.75, 3.05) is 5.32 Å². The fourth-order valence-corrected chi connectivity index (χ4v) is 3.29. The van der Waals surface area contributed by atoms with E-state index in [1.54, 1.807) is 12.3 Å². The van der Waals surface area contributed by atoms with Gasteiger partial charge in [-0.2, -0.15) is 0 Å². The number of halogens is 2. The number of hydrogen-bond acceptors (Lipinski definition) is 2. The maximum atomic E-state index is 13.6. The highest BCUT2D eigenvalue weighted by molar-refractivity contribution is 7.17. The van der Waals surface area contributed by atoms with Crippen molar-refractivity contribution in [2.24, 2.45) is 0 Å². The van der Waals surface area contributed by atoms with Crippen LogP contribution in [0.1, 0.15) is 15.9 Å². The third-order valence-corrected chi connectivity index (χ3v) is 4.50. The van der Waals surface area contributed by atoms with Crippen LogP contribution < -0.4 is 5.32 Å². The van der Waals surface area contributed by atoms with Gasteiger partial charge in [-0.3, -0.25) is 4.79 Å². The van der Waals surface area contributed by atoms with Crippen LogP contribution in [0.2, 0.25) is 5.02 Å². The number of fused-ring (bicyclic) bond motifs is 1. The van der Waals surface area contributed by atoms with Gasteiger partial charge in [0.25, 0.3) is 5.91 Å². The van der Waals surface area contributed by atoms with E-state index in [0.717, 1.165) is 10.1 Å². The molecule has 0 atom stereocenters. The molecule has 0 bridgehead atoms. The lowest BCUT2D eigenvalue weighted by molar-refractivity contribution is 0.102. The summed E-state index contributed by atoms with van der Waals surface area (Å²) in [6.07, 6.45) is 0. The van der Waals surface area contributed by atoms with Crippen LogP contribution in [0.3, 0.4) is 0 Å². The Hall–Kier alpha value is -1.91. The van der Waals surface area contributed by atoms with Crippen molar-refractivity contribution >= 4 is 44.6 Å². The van der Waals surface area contributed by atoms with E-state index >= 15 is 0 Å². The van der Waals surface area contributed by atoms with Crippen LogP contribution in [-0.4, -0.2) is 5.91 Å². The molecule has 1 N–H and O–H groups in total. The topological polar surface area (TPSA) is 29.1 Å². The van der Waals surface area contributed by atoms with Crippen molar-refractivity contribution in [1.82, 2.24) is 0 Å². The highest BCUT2D eigenvalue weighted by Crippen LogP contribution is 2.29. The van der Waals surface area contributed by atoms with Gasteiger partial charge in [-0.05, 0) is 30.7 Å². The average Bonchev–Trinajstić information content (AvgIpc) is 2.88. The quantitative estimate of drug-likeness (QED) is 0.686. The van der Waals surface area contributed by atoms with Crippen molar-refractivity contribution in [3.8, 4) is 0 Å². The largest absolute Gasteiger partial charge is 0.320 e. The van der Waals surface area contributed by atoms with Gasteiger partial charge in [0.15, 0.2) is 0 Å². The van der Waals surface area contributed by atoms with E-state index in [0.29, 0.717) is 16.1 Å². The number of thiophene rings is 1. The smallest absolute Gasteiger partial charge is 0.257 e. The Morgan fingerprint density at radius 1 is 1.29 bits per heavy atom. The normalized spacial score (nSPS) is 10.8. The molecule has 21 heavy (non-hydrogen) atoms. The summed E-state index contributed by atoms with van der Waals surface area (Å²) in [5.41, 5.74) is 1.28. The summed E-state index contributed by atoms with van der Waals surface area (Å²) in [5.74, 6) is -0.692. The molecule has 0 saturated heterocycles. The fraction of sp³-hybridized carbons (Fsp3) is 0.0625. The second-order valence-electron chi connectivity index (χ2n) is 4.68. The van der Waals surface area contributed by atoms with E-state index in [1.807, 2.05) is 24.3 Å². The SMILES string of the molecule is Cc1cc(Cl)c(NC(=O)c2csc3ccccc23)cc1F. The number of carbonyl (C=O) groups is 1. The zero-order valence-corrected chi connectivity index (χ0v) is 12.7. The Labute approximate surface area is 130 Å². The lowest BCUT2D eigenvalue weighted by atomic mass is 10.1. The molecule has 0 aliphatic rings. The van der Waals surface area contributed by atoms with Gasteiger partial charge in [0.2, 0.25) is 0 Å². The van der Waals surface area contributed by atoms with E-state index in [1.165, 1.54) is 23.5 Å². The molecule has 3 rings (SSSR count).